The van der Waals surface area contributed by atoms with Crippen LogP contribution in [0.4, 0.5) is 5.69 Å². The highest BCUT2D eigenvalue weighted by atomic mass is 32.2. The SMILES string of the molecule is Cc1ccc(Sc2ccc(NC(=O)CCCNC(=O)c3ccco3)cc2)cc1C. The minimum absolute atomic E-state index is 0.0770. The molecule has 0 saturated heterocycles. The molecule has 1 aromatic heterocycles. The van der Waals surface area contributed by atoms with Gasteiger partial charge in [-0.2, -0.15) is 0 Å². The van der Waals surface area contributed by atoms with E-state index >= 15 is 0 Å². The van der Waals surface area contributed by atoms with Crippen LogP contribution in [0.5, 0.6) is 0 Å². The fourth-order valence-corrected chi connectivity index (χ4v) is 3.61. The first-order valence-electron chi connectivity index (χ1n) is 9.48. The van der Waals surface area contributed by atoms with Crippen molar-refractivity contribution in [1.29, 1.82) is 0 Å². The van der Waals surface area contributed by atoms with Gasteiger partial charge in [0.05, 0.1) is 6.26 Å². The number of rotatable bonds is 8. The molecule has 5 nitrogen and oxygen atoms in total. The maximum Gasteiger partial charge on any atom is 0.286 e. The van der Waals surface area contributed by atoms with Crippen LogP contribution in [0.3, 0.4) is 0 Å². The third-order valence-electron chi connectivity index (χ3n) is 4.46. The molecule has 0 aliphatic carbocycles. The summed E-state index contributed by atoms with van der Waals surface area (Å²) in [6, 6.07) is 17.5. The van der Waals surface area contributed by atoms with Crippen molar-refractivity contribution in [2.24, 2.45) is 0 Å². The van der Waals surface area contributed by atoms with Crippen LogP contribution in [0.2, 0.25) is 0 Å². The molecule has 0 atom stereocenters. The molecule has 0 fully saturated rings. The van der Waals surface area contributed by atoms with Crippen LogP contribution in [0.15, 0.2) is 75.1 Å². The minimum Gasteiger partial charge on any atom is -0.459 e. The molecule has 3 aromatic rings. The van der Waals surface area contributed by atoms with Crippen LogP contribution in [-0.4, -0.2) is 18.4 Å². The van der Waals surface area contributed by atoms with Crippen molar-refractivity contribution in [3.8, 4) is 0 Å². The van der Waals surface area contributed by atoms with E-state index < -0.39 is 0 Å². The molecule has 2 amide bonds. The number of hydrogen-bond acceptors (Lipinski definition) is 4. The zero-order valence-corrected chi connectivity index (χ0v) is 17.3. The second kappa shape index (κ2) is 9.98. The maximum atomic E-state index is 12.1. The van der Waals surface area contributed by atoms with Crippen LogP contribution in [-0.2, 0) is 4.79 Å². The second-order valence-electron chi connectivity index (χ2n) is 6.76. The van der Waals surface area contributed by atoms with E-state index in [9.17, 15) is 9.59 Å². The van der Waals surface area contributed by atoms with Gasteiger partial charge in [0.25, 0.3) is 5.91 Å². The quantitative estimate of drug-likeness (QED) is 0.503. The average Bonchev–Trinajstić information content (AvgIpc) is 3.24. The van der Waals surface area contributed by atoms with E-state index in [1.165, 1.54) is 22.3 Å². The smallest absolute Gasteiger partial charge is 0.286 e. The van der Waals surface area contributed by atoms with E-state index in [4.69, 9.17) is 4.42 Å². The summed E-state index contributed by atoms with van der Waals surface area (Å²) in [6.45, 7) is 4.63. The van der Waals surface area contributed by atoms with Crippen molar-refractivity contribution < 1.29 is 14.0 Å². The van der Waals surface area contributed by atoms with Crippen molar-refractivity contribution in [2.75, 3.05) is 11.9 Å². The molecule has 6 heteroatoms. The van der Waals surface area contributed by atoms with Gasteiger partial charge in [0, 0.05) is 28.4 Å². The molecule has 2 aromatic carbocycles. The Morgan fingerprint density at radius 2 is 1.72 bits per heavy atom. The molecule has 150 valence electrons. The number of nitrogens with one attached hydrogen (secondary N) is 2. The second-order valence-corrected chi connectivity index (χ2v) is 7.90. The van der Waals surface area contributed by atoms with Crippen molar-refractivity contribution in [2.45, 2.75) is 36.5 Å². The number of furan rings is 1. The van der Waals surface area contributed by atoms with Crippen molar-refractivity contribution in [3.05, 3.63) is 77.7 Å². The van der Waals surface area contributed by atoms with Crippen LogP contribution < -0.4 is 10.6 Å². The van der Waals surface area contributed by atoms with Gasteiger partial charge in [-0.25, -0.2) is 0 Å². The van der Waals surface area contributed by atoms with E-state index in [1.54, 1.807) is 23.9 Å². The van der Waals surface area contributed by atoms with Gasteiger partial charge in [-0.3, -0.25) is 9.59 Å². The fraction of sp³-hybridized carbons (Fsp3) is 0.217. The summed E-state index contributed by atoms with van der Waals surface area (Å²) in [5.41, 5.74) is 3.33. The van der Waals surface area contributed by atoms with Gasteiger partial charge in [-0.05, 0) is 79.9 Å². The lowest BCUT2D eigenvalue weighted by Crippen LogP contribution is -2.25. The lowest BCUT2D eigenvalue weighted by atomic mass is 10.1. The summed E-state index contributed by atoms with van der Waals surface area (Å²) in [5.74, 6) is -0.0766. The Kier molecular flexibility index (Phi) is 7.14. The predicted octanol–water partition coefficient (Wildman–Crippen LogP) is 5.20. The molecule has 0 spiro atoms. The predicted molar refractivity (Wildman–Crippen MR) is 115 cm³/mol. The molecular weight excluding hydrogens is 384 g/mol. The minimum atomic E-state index is -0.271. The van der Waals surface area contributed by atoms with Crippen molar-refractivity contribution in [1.82, 2.24) is 5.32 Å². The Labute approximate surface area is 174 Å². The monoisotopic (exact) mass is 408 g/mol. The molecule has 29 heavy (non-hydrogen) atoms. The summed E-state index contributed by atoms with van der Waals surface area (Å²) in [6.07, 6.45) is 2.34. The number of aryl methyl sites for hydroxylation is 2. The maximum absolute atomic E-state index is 12.1. The van der Waals surface area contributed by atoms with Crippen molar-refractivity contribution in [3.63, 3.8) is 0 Å². The first-order chi connectivity index (χ1) is 14.0. The standard InChI is InChI=1S/C23H24N2O3S/c1-16-7-10-20(15-17(16)2)29-19-11-8-18(9-12-19)25-22(26)6-3-13-24-23(27)21-5-4-14-28-21/h4-5,7-12,14-15H,3,6,13H2,1-2H3,(H,24,27)(H,25,26). The number of anilines is 1. The summed E-state index contributed by atoms with van der Waals surface area (Å²) in [4.78, 5) is 26.1. The molecule has 3 rings (SSSR count). The number of benzene rings is 2. The summed E-state index contributed by atoms with van der Waals surface area (Å²) >= 11 is 1.70. The van der Waals surface area contributed by atoms with Gasteiger partial charge < -0.3 is 15.1 Å². The van der Waals surface area contributed by atoms with E-state index in [2.05, 4.69) is 42.7 Å². The molecule has 0 radical (unpaired) electrons. The van der Waals surface area contributed by atoms with Gasteiger partial charge in [0.2, 0.25) is 5.91 Å². The van der Waals surface area contributed by atoms with E-state index in [0.717, 1.165) is 10.6 Å². The number of carbonyl (C=O) groups is 2. The van der Waals surface area contributed by atoms with Gasteiger partial charge in [0.1, 0.15) is 0 Å². The van der Waals surface area contributed by atoms with Crippen LogP contribution in [0.25, 0.3) is 0 Å². The summed E-state index contributed by atoms with van der Waals surface area (Å²) < 4.78 is 5.02. The summed E-state index contributed by atoms with van der Waals surface area (Å²) in [5, 5.41) is 5.61. The van der Waals surface area contributed by atoms with E-state index in [-0.39, 0.29) is 17.6 Å². The molecule has 0 saturated carbocycles. The lowest BCUT2D eigenvalue weighted by Gasteiger charge is -2.08. The van der Waals surface area contributed by atoms with Gasteiger partial charge in [0.15, 0.2) is 5.76 Å². The number of carbonyl (C=O) groups excluding carboxylic acids is 2. The third kappa shape index (κ3) is 6.26. The van der Waals surface area contributed by atoms with Gasteiger partial charge in [-0.15, -0.1) is 0 Å². The van der Waals surface area contributed by atoms with Gasteiger partial charge >= 0.3 is 0 Å². The first kappa shape index (κ1) is 20.7. The highest BCUT2D eigenvalue weighted by Crippen LogP contribution is 2.29. The number of hydrogen-bond donors (Lipinski definition) is 2. The zero-order chi connectivity index (χ0) is 20.6. The van der Waals surface area contributed by atoms with Crippen molar-refractivity contribution >= 4 is 29.3 Å². The first-order valence-corrected chi connectivity index (χ1v) is 10.3. The van der Waals surface area contributed by atoms with E-state index in [1.807, 2.05) is 24.3 Å². The Morgan fingerprint density at radius 3 is 2.41 bits per heavy atom. The lowest BCUT2D eigenvalue weighted by molar-refractivity contribution is -0.116. The van der Waals surface area contributed by atoms with Crippen LogP contribution in [0, 0.1) is 13.8 Å². The topological polar surface area (TPSA) is 71.3 Å². The Hall–Kier alpha value is -2.99. The van der Waals surface area contributed by atoms with Crippen LogP contribution in [0.1, 0.15) is 34.5 Å². The number of amides is 2. The molecular formula is C23H24N2O3S. The van der Waals surface area contributed by atoms with E-state index in [0.29, 0.717) is 19.4 Å². The molecule has 0 unspecified atom stereocenters. The molecule has 0 aliphatic heterocycles. The summed E-state index contributed by atoms with van der Waals surface area (Å²) in [7, 11) is 0. The Balaban J connectivity index is 1.41. The molecule has 0 bridgehead atoms. The Morgan fingerprint density at radius 1 is 0.966 bits per heavy atom. The highest BCUT2D eigenvalue weighted by Gasteiger charge is 2.08. The highest BCUT2D eigenvalue weighted by molar-refractivity contribution is 7.99. The average molecular weight is 409 g/mol. The normalized spacial score (nSPS) is 10.6. The fourth-order valence-electron chi connectivity index (χ4n) is 2.69. The zero-order valence-electron chi connectivity index (χ0n) is 16.5. The Bertz CT molecular complexity index is 966. The largest absolute Gasteiger partial charge is 0.459 e. The molecule has 1 heterocycles. The van der Waals surface area contributed by atoms with Gasteiger partial charge in [-0.1, -0.05) is 17.8 Å². The molecule has 0 aliphatic rings. The van der Waals surface area contributed by atoms with Crippen LogP contribution >= 0.6 is 11.8 Å². The molecule has 2 N–H and O–H groups in total. The third-order valence-corrected chi connectivity index (χ3v) is 5.46.